The maximum Gasteiger partial charge on any atom is 0.411 e. The summed E-state index contributed by atoms with van der Waals surface area (Å²) in [4.78, 5) is 47.8. The number of aromatic nitrogens is 6. The standard InChI is InChI=1S/C30H31Cl2N9O5/c1-17-14-40(15-18(2)46-17)26(43)13-23(29-36-27(28(32)37-29)19-4-8-22(9-5-19)34-30(44)45-3)35-25(42)11-6-20-12-21(31)7-10-24(20)41-16-33-38-39-41/h4-12,16-18,23H,13-15H2,1-3H3,(H,34,44)(H,35,42)(H,36,37)/t17?,18?,23-/m0/s1. The maximum absolute atomic E-state index is 13.5. The Hall–Kier alpha value is -4.79. The largest absolute Gasteiger partial charge is 0.453 e. The summed E-state index contributed by atoms with van der Waals surface area (Å²) in [5.41, 5.74) is 2.76. The molecule has 46 heavy (non-hydrogen) atoms. The first-order valence-electron chi connectivity index (χ1n) is 14.2. The molecule has 2 aromatic carbocycles. The third-order valence-corrected chi connectivity index (χ3v) is 7.57. The first-order chi connectivity index (χ1) is 22.1. The molecular weight excluding hydrogens is 637 g/mol. The quantitative estimate of drug-likeness (QED) is 0.219. The van der Waals surface area contributed by atoms with Crippen molar-refractivity contribution in [3.05, 3.63) is 76.4 Å². The molecule has 2 aromatic heterocycles. The Morgan fingerprint density at radius 1 is 1.13 bits per heavy atom. The highest BCUT2D eigenvalue weighted by Crippen LogP contribution is 2.30. The van der Waals surface area contributed by atoms with Crippen molar-refractivity contribution >= 4 is 52.9 Å². The van der Waals surface area contributed by atoms with Crippen molar-refractivity contribution in [2.45, 2.75) is 38.5 Å². The topological polar surface area (TPSA) is 169 Å². The van der Waals surface area contributed by atoms with Crippen molar-refractivity contribution in [3.8, 4) is 16.9 Å². The van der Waals surface area contributed by atoms with Gasteiger partial charge < -0.3 is 24.7 Å². The van der Waals surface area contributed by atoms with Gasteiger partial charge in [0.1, 0.15) is 23.0 Å². The lowest BCUT2D eigenvalue weighted by molar-refractivity contribution is -0.143. The molecular formula is C30H31Cl2N9O5. The average Bonchev–Trinajstić information content (AvgIpc) is 3.70. The fraction of sp³-hybridized carbons (Fsp3) is 0.300. The summed E-state index contributed by atoms with van der Waals surface area (Å²) < 4.78 is 11.9. The molecule has 5 rings (SSSR count). The van der Waals surface area contributed by atoms with E-state index in [-0.39, 0.29) is 29.7 Å². The zero-order chi connectivity index (χ0) is 32.8. The molecule has 0 aliphatic carbocycles. The smallest absolute Gasteiger partial charge is 0.411 e. The minimum absolute atomic E-state index is 0.0860. The number of rotatable bonds is 9. The molecule has 0 saturated carbocycles. The molecule has 1 fully saturated rings. The van der Waals surface area contributed by atoms with Gasteiger partial charge in [0.15, 0.2) is 0 Å². The third kappa shape index (κ3) is 8.07. The van der Waals surface area contributed by atoms with Crippen molar-refractivity contribution in [3.63, 3.8) is 0 Å². The van der Waals surface area contributed by atoms with Gasteiger partial charge in [-0.05, 0) is 60.7 Å². The van der Waals surface area contributed by atoms with Crippen LogP contribution < -0.4 is 10.6 Å². The van der Waals surface area contributed by atoms with E-state index in [1.54, 1.807) is 53.4 Å². The number of hydrogen-bond acceptors (Lipinski definition) is 9. The van der Waals surface area contributed by atoms with E-state index in [2.05, 4.69) is 40.9 Å². The lowest BCUT2D eigenvalue weighted by atomic mass is 10.1. The normalized spacial score (nSPS) is 17.1. The van der Waals surface area contributed by atoms with E-state index in [9.17, 15) is 14.4 Å². The summed E-state index contributed by atoms with van der Waals surface area (Å²) in [5.74, 6) is -0.380. The second-order valence-electron chi connectivity index (χ2n) is 10.6. The van der Waals surface area contributed by atoms with Crippen LogP contribution in [0.25, 0.3) is 23.0 Å². The Morgan fingerprint density at radius 2 is 1.87 bits per heavy atom. The summed E-state index contributed by atoms with van der Waals surface area (Å²) in [6.07, 6.45) is 3.39. The second-order valence-corrected chi connectivity index (χ2v) is 11.4. The molecule has 240 valence electrons. The van der Waals surface area contributed by atoms with Crippen molar-refractivity contribution in [2.75, 3.05) is 25.5 Å². The molecule has 1 aliphatic rings. The van der Waals surface area contributed by atoms with Crippen LogP contribution in [0, 0.1) is 0 Å². The molecule has 1 saturated heterocycles. The molecule has 0 spiro atoms. The van der Waals surface area contributed by atoms with Gasteiger partial charge in [0.05, 0.1) is 37.5 Å². The molecule has 3 N–H and O–H groups in total. The Bertz CT molecular complexity index is 1720. The number of halogens is 2. The minimum Gasteiger partial charge on any atom is -0.453 e. The van der Waals surface area contributed by atoms with E-state index < -0.39 is 18.0 Å². The zero-order valence-corrected chi connectivity index (χ0v) is 26.6. The summed E-state index contributed by atoms with van der Waals surface area (Å²) in [5, 5.41) is 17.4. The molecule has 16 heteroatoms. The highest BCUT2D eigenvalue weighted by molar-refractivity contribution is 6.32. The lowest BCUT2D eigenvalue weighted by Gasteiger charge is -2.36. The summed E-state index contributed by atoms with van der Waals surface area (Å²) in [7, 11) is 1.27. The van der Waals surface area contributed by atoms with E-state index in [4.69, 9.17) is 27.9 Å². The molecule has 3 atom stereocenters. The van der Waals surface area contributed by atoms with E-state index in [0.29, 0.717) is 52.1 Å². The number of methoxy groups -OCH3 is 1. The number of anilines is 1. The number of aromatic amines is 1. The third-order valence-electron chi connectivity index (χ3n) is 7.07. The molecule has 4 aromatic rings. The fourth-order valence-electron chi connectivity index (χ4n) is 5.03. The van der Waals surface area contributed by atoms with E-state index in [1.165, 1.54) is 24.2 Å². The highest BCUT2D eigenvalue weighted by atomic mass is 35.5. The number of benzene rings is 2. The number of hydrogen-bond donors (Lipinski definition) is 3. The van der Waals surface area contributed by atoms with Gasteiger partial charge in [-0.2, -0.15) is 4.68 Å². The van der Waals surface area contributed by atoms with E-state index >= 15 is 0 Å². The number of imidazole rings is 1. The van der Waals surface area contributed by atoms with Crippen molar-refractivity contribution in [1.82, 2.24) is 40.4 Å². The van der Waals surface area contributed by atoms with Gasteiger partial charge in [-0.1, -0.05) is 35.3 Å². The number of tetrazole rings is 1. The van der Waals surface area contributed by atoms with Gasteiger partial charge in [0, 0.05) is 41.0 Å². The maximum atomic E-state index is 13.5. The molecule has 14 nitrogen and oxygen atoms in total. The monoisotopic (exact) mass is 667 g/mol. The SMILES string of the molecule is COC(=O)Nc1ccc(-c2nc([C@H](CC(=O)N3CC(C)OC(C)C3)NC(=O)C=Cc3cc(Cl)ccc3-n3cnnn3)[nH]c2Cl)cc1. The first-order valence-corrected chi connectivity index (χ1v) is 15.0. The fourth-order valence-corrected chi connectivity index (χ4v) is 5.46. The summed E-state index contributed by atoms with van der Waals surface area (Å²) >= 11 is 12.8. The van der Waals surface area contributed by atoms with Crippen LogP contribution in [0.4, 0.5) is 10.5 Å². The molecule has 3 amide bonds. The summed E-state index contributed by atoms with van der Waals surface area (Å²) in [6, 6.07) is 11.0. The molecule has 0 bridgehead atoms. The van der Waals surface area contributed by atoms with Crippen LogP contribution in [0.15, 0.2) is 54.9 Å². The minimum atomic E-state index is -0.858. The Kier molecular flexibility index (Phi) is 10.3. The molecule has 0 radical (unpaired) electrons. The number of nitrogens with one attached hydrogen (secondary N) is 3. The van der Waals surface area contributed by atoms with Crippen LogP contribution in [0.5, 0.6) is 0 Å². The average molecular weight is 669 g/mol. The van der Waals surface area contributed by atoms with Gasteiger partial charge in [-0.25, -0.2) is 9.78 Å². The molecule has 1 aliphatic heterocycles. The van der Waals surface area contributed by atoms with Gasteiger partial charge in [-0.3, -0.25) is 14.9 Å². The predicted octanol–water partition coefficient (Wildman–Crippen LogP) is 4.43. The Balaban J connectivity index is 1.40. The number of morpholine rings is 1. The number of carbonyl (C=O) groups is 3. The number of carbonyl (C=O) groups excluding carboxylic acids is 3. The van der Waals surface area contributed by atoms with E-state index in [1.807, 2.05) is 13.8 Å². The highest BCUT2D eigenvalue weighted by Gasteiger charge is 2.30. The van der Waals surface area contributed by atoms with Gasteiger partial charge in [0.25, 0.3) is 0 Å². The first kappa shape index (κ1) is 32.6. The predicted molar refractivity (Wildman–Crippen MR) is 170 cm³/mol. The number of H-pyrrole nitrogens is 1. The van der Waals surface area contributed by atoms with E-state index in [0.717, 1.165) is 0 Å². The van der Waals surface area contributed by atoms with Gasteiger partial charge in [-0.15, -0.1) is 5.10 Å². The summed E-state index contributed by atoms with van der Waals surface area (Å²) in [6.45, 7) is 4.66. The van der Waals surface area contributed by atoms with Crippen LogP contribution in [0.2, 0.25) is 10.2 Å². The van der Waals surface area contributed by atoms with Gasteiger partial charge in [0.2, 0.25) is 11.8 Å². The van der Waals surface area contributed by atoms with Crippen LogP contribution in [-0.4, -0.2) is 85.4 Å². The molecule has 3 heterocycles. The van der Waals surface area contributed by atoms with Gasteiger partial charge >= 0.3 is 6.09 Å². The zero-order valence-electron chi connectivity index (χ0n) is 25.1. The lowest BCUT2D eigenvalue weighted by Crippen LogP contribution is -2.49. The van der Waals surface area contributed by atoms with Crippen molar-refractivity contribution in [2.24, 2.45) is 0 Å². The van der Waals surface area contributed by atoms with Crippen LogP contribution >= 0.6 is 23.2 Å². The number of nitrogens with zero attached hydrogens (tertiary/aromatic N) is 6. The van der Waals surface area contributed by atoms with Crippen LogP contribution in [0.1, 0.15) is 37.7 Å². The van der Waals surface area contributed by atoms with Crippen LogP contribution in [0.3, 0.4) is 0 Å². The molecule has 2 unspecified atom stereocenters. The van der Waals surface area contributed by atoms with Crippen molar-refractivity contribution in [1.29, 1.82) is 0 Å². The number of amides is 3. The second kappa shape index (κ2) is 14.5. The Morgan fingerprint density at radius 3 is 2.54 bits per heavy atom. The van der Waals surface area contributed by atoms with Crippen molar-refractivity contribution < 1.29 is 23.9 Å². The number of ether oxygens (including phenoxy) is 2. The van der Waals surface area contributed by atoms with Crippen LogP contribution in [-0.2, 0) is 19.1 Å². The Labute approximate surface area is 274 Å².